The van der Waals surface area contributed by atoms with Crippen molar-refractivity contribution in [3.63, 3.8) is 0 Å². The first kappa shape index (κ1) is 19.0. The van der Waals surface area contributed by atoms with Crippen LogP contribution in [0.15, 0.2) is 60.7 Å². The molecule has 1 aliphatic heterocycles. The van der Waals surface area contributed by atoms with Gasteiger partial charge in [-0.15, -0.1) is 0 Å². The van der Waals surface area contributed by atoms with Crippen LogP contribution in [0.3, 0.4) is 0 Å². The molecule has 2 aromatic rings. The normalized spacial score (nSPS) is 15.8. The van der Waals surface area contributed by atoms with Crippen molar-refractivity contribution >= 4 is 11.8 Å². The van der Waals surface area contributed by atoms with Crippen molar-refractivity contribution in [1.29, 1.82) is 0 Å². The number of para-hydroxylation sites is 1. The van der Waals surface area contributed by atoms with E-state index in [4.69, 9.17) is 4.74 Å². The van der Waals surface area contributed by atoms with Crippen LogP contribution in [0.1, 0.15) is 36.5 Å². The molecule has 0 aliphatic carbocycles. The molecule has 1 atom stereocenters. The van der Waals surface area contributed by atoms with Crippen molar-refractivity contribution < 1.29 is 14.3 Å². The van der Waals surface area contributed by atoms with Crippen LogP contribution in [0.25, 0.3) is 0 Å². The van der Waals surface area contributed by atoms with Gasteiger partial charge in [0.2, 0.25) is 0 Å². The van der Waals surface area contributed by atoms with E-state index in [1.807, 2.05) is 60.4 Å². The molecule has 3 rings (SSSR count). The third kappa shape index (κ3) is 5.09. The third-order valence-corrected chi connectivity index (χ3v) is 4.85. The second-order valence-electron chi connectivity index (χ2n) is 6.77. The van der Waals surface area contributed by atoms with Gasteiger partial charge in [0.25, 0.3) is 11.8 Å². The maximum atomic E-state index is 12.8. The molecule has 1 heterocycles. The van der Waals surface area contributed by atoms with Gasteiger partial charge >= 0.3 is 0 Å². The number of likely N-dealkylation sites (tertiary alicyclic amines) is 1. The van der Waals surface area contributed by atoms with E-state index in [1.165, 1.54) is 0 Å². The molecule has 2 aromatic carbocycles. The number of nitrogens with zero attached hydrogens (tertiary/aromatic N) is 1. The van der Waals surface area contributed by atoms with E-state index in [1.54, 1.807) is 12.1 Å². The molecule has 1 saturated heterocycles. The number of ether oxygens (including phenoxy) is 1. The predicted molar refractivity (Wildman–Crippen MR) is 105 cm³/mol. The SMILES string of the molecule is CC[C@H](Oc1ccccc1)C(=O)N1CCC(NC(=O)c2ccccc2)CC1. The van der Waals surface area contributed by atoms with Gasteiger partial charge in [-0.1, -0.05) is 43.3 Å². The van der Waals surface area contributed by atoms with Crippen LogP contribution in [0.4, 0.5) is 0 Å². The zero-order chi connectivity index (χ0) is 19.1. The molecular formula is C22H26N2O3. The van der Waals surface area contributed by atoms with Crippen molar-refractivity contribution in [1.82, 2.24) is 10.2 Å². The molecule has 142 valence electrons. The molecule has 0 saturated carbocycles. The van der Waals surface area contributed by atoms with Crippen LogP contribution in [-0.2, 0) is 4.79 Å². The zero-order valence-electron chi connectivity index (χ0n) is 15.6. The van der Waals surface area contributed by atoms with Gasteiger partial charge in [0.05, 0.1) is 0 Å². The highest BCUT2D eigenvalue weighted by Gasteiger charge is 2.29. The Morgan fingerprint density at radius 3 is 2.22 bits per heavy atom. The fourth-order valence-electron chi connectivity index (χ4n) is 3.28. The summed E-state index contributed by atoms with van der Waals surface area (Å²) in [6, 6.07) is 18.7. The molecule has 1 aliphatic rings. The Bertz CT molecular complexity index is 741. The van der Waals surface area contributed by atoms with E-state index < -0.39 is 6.10 Å². The van der Waals surface area contributed by atoms with E-state index >= 15 is 0 Å². The number of piperidine rings is 1. The second-order valence-corrected chi connectivity index (χ2v) is 6.77. The van der Waals surface area contributed by atoms with Gasteiger partial charge in [-0.05, 0) is 43.5 Å². The van der Waals surface area contributed by atoms with Crippen LogP contribution in [0.2, 0.25) is 0 Å². The first-order chi connectivity index (χ1) is 13.2. The highest BCUT2D eigenvalue weighted by molar-refractivity contribution is 5.94. The standard InChI is InChI=1S/C22H26N2O3/c1-2-20(27-19-11-7-4-8-12-19)22(26)24-15-13-18(14-16-24)23-21(25)17-9-5-3-6-10-17/h3-12,18,20H,2,13-16H2,1H3,(H,23,25)/t20-/m0/s1. The van der Waals surface area contributed by atoms with E-state index in [9.17, 15) is 9.59 Å². The Morgan fingerprint density at radius 2 is 1.63 bits per heavy atom. The fraction of sp³-hybridized carbons (Fsp3) is 0.364. The number of carbonyl (C=O) groups is 2. The van der Waals surface area contributed by atoms with Gasteiger partial charge in [0, 0.05) is 24.7 Å². The monoisotopic (exact) mass is 366 g/mol. The lowest BCUT2D eigenvalue weighted by atomic mass is 10.0. The first-order valence-corrected chi connectivity index (χ1v) is 9.53. The van der Waals surface area contributed by atoms with Crippen LogP contribution in [0.5, 0.6) is 5.75 Å². The molecule has 2 amide bonds. The summed E-state index contributed by atoms with van der Waals surface area (Å²) < 4.78 is 5.87. The first-order valence-electron chi connectivity index (χ1n) is 9.53. The van der Waals surface area contributed by atoms with Crippen molar-refractivity contribution in [2.75, 3.05) is 13.1 Å². The second kappa shape index (κ2) is 9.21. The molecule has 0 spiro atoms. The minimum absolute atomic E-state index is 0.0224. The van der Waals surface area contributed by atoms with Crippen molar-refractivity contribution in [3.05, 3.63) is 66.2 Å². The molecule has 0 radical (unpaired) electrons. The highest BCUT2D eigenvalue weighted by Crippen LogP contribution is 2.17. The summed E-state index contributed by atoms with van der Waals surface area (Å²) in [5.41, 5.74) is 0.665. The average molecular weight is 366 g/mol. The van der Waals surface area contributed by atoms with Gasteiger partial charge in [0.15, 0.2) is 6.10 Å². The summed E-state index contributed by atoms with van der Waals surface area (Å²) in [6.07, 6.45) is 1.67. The van der Waals surface area contributed by atoms with E-state index in [2.05, 4.69) is 5.32 Å². The molecule has 1 N–H and O–H groups in total. The number of carbonyl (C=O) groups excluding carboxylic acids is 2. The number of benzene rings is 2. The predicted octanol–water partition coefficient (Wildman–Crippen LogP) is 3.27. The van der Waals surface area contributed by atoms with E-state index in [0.717, 1.165) is 12.8 Å². The maximum absolute atomic E-state index is 12.8. The van der Waals surface area contributed by atoms with E-state index in [-0.39, 0.29) is 17.9 Å². The van der Waals surface area contributed by atoms with Crippen molar-refractivity contribution in [2.45, 2.75) is 38.3 Å². The topological polar surface area (TPSA) is 58.6 Å². The number of nitrogens with one attached hydrogen (secondary N) is 1. The molecule has 0 unspecified atom stereocenters. The summed E-state index contributed by atoms with van der Waals surface area (Å²) in [5, 5.41) is 3.07. The van der Waals surface area contributed by atoms with Gasteiger partial charge in [0.1, 0.15) is 5.75 Å². The minimum Gasteiger partial charge on any atom is -0.481 e. The summed E-state index contributed by atoms with van der Waals surface area (Å²) in [7, 11) is 0. The smallest absolute Gasteiger partial charge is 0.263 e. The average Bonchev–Trinajstić information content (AvgIpc) is 2.73. The molecule has 5 heteroatoms. The summed E-state index contributed by atoms with van der Waals surface area (Å²) >= 11 is 0. The molecule has 5 nitrogen and oxygen atoms in total. The number of hydrogen-bond donors (Lipinski definition) is 1. The molecular weight excluding hydrogens is 340 g/mol. The zero-order valence-corrected chi connectivity index (χ0v) is 15.6. The molecule has 27 heavy (non-hydrogen) atoms. The summed E-state index contributed by atoms with van der Waals surface area (Å²) in [5.74, 6) is 0.677. The lowest BCUT2D eigenvalue weighted by Crippen LogP contribution is -2.50. The Balaban J connectivity index is 1.50. The van der Waals surface area contributed by atoms with Crippen LogP contribution >= 0.6 is 0 Å². The minimum atomic E-state index is -0.470. The van der Waals surface area contributed by atoms with Gasteiger partial charge < -0.3 is 15.0 Å². The van der Waals surface area contributed by atoms with Crippen molar-refractivity contribution in [2.24, 2.45) is 0 Å². The van der Waals surface area contributed by atoms with Crippen LogP contribution < -0.4 is 10.1 Å². The largest absolute Gasteiger partial charge is 0.481 e. The lowest BCUT2D eigenvalue weighted by molar-refractivity contribution is -0.140. The summed E-state index contributed by atoms with van der Waals surface area (Å²) in [4.78, 5) is 26.9. The molecule has 0 aromatic heterocycles. The summed E-state index contributed by atoms with van der Waals surface area (Å²) in [6.45, 7) is 3.22. The van der Waals surface area contributed by atoms with E-state index in [0.29, 0.717) is 30.8 Å². The Morgan fingerprint density at radius 1 is 1.04 bits per heavy atom. The third-order valence-electron chi connectivity index (χ3n) is 4.85. The lowest BCUT2D eigenvalue weighted by Gasteiger charge is -2.34. The Kier molecular flexibility index (Phi) is 6.47. The van der Waals surface area contributed by atoms with Crippen LogP contribution in [0, 0.1) is 0 Å². The maximum Gasteiger partial charge on any atom is 0.263 e. The van der Waals surface area contributed by atoms with Gasteiger partial charge in [-0.2, -0.15) is 0 Å². The number of rotatable bonds is 6. The number of amides is 2. The Hall–Kier alpha value is -2.82. The van der Waals surface area contributed by atoms with Crippen LogP contribution in [-0.4, -0.2) is 41.9 Å². The fourth-order valence-corrected chi connectivity index (χ4v) is 3.28. The molecule has 0 bridgehead atoms. The highest BCUT2D eigenvalue weighted by atomic mass is 16.5. The van der Waals surface area contributed by atoms with Gasteiger partial charge in [-0.25, -0.2) is 0 Å². The Labute approximate surface area is 160 Å². The van der Waals surface area contributed by atoms with Crippen molar-refractivity contribution in [3.8, 4) is 5.75 Å². The molecule has 1 fully saturated rings. The number of hydrogen-bond acceptors (Lipinski definition) is 3. The quantitative estimate of drug-likeness (QED) is 0.854. The van der Waals surface area contributed by atoms with Gasteiger partial charge in [-0.3, -0.25) is 9.59 Å².